The van der Waals surface area contributed by atoms with Crippen molar-refractivity contribution in [3.05, 3.63) is 107 Å². The van der Waals surface area contributed by atoms with E-state index in [4.69, 9.17) is 4.74 Å². The number of hydrogen-bond acceptors (Lipinski definition) is 4. The molecule has 0 aliphatic carbocycles. The molecule has 31 heavy (non-hydrogen) atoms. The molecule has 0 saturated heterocycles. The van der Waals surface area contributed by atoms with Crippen molar-refractivity contribution in [2.24, 2.45) is 0 Å². The molecule has 1 atom stereocenters. The van der Waals surface area contributed by atoms with Gasteiger partial charge in [0.25, 0.3) is 0 Å². The fraction of sp³-hybridized carbons (Fsp3) is 0.125. The highest BCUT2D eigenvalue weighted by atomic mass is 19.1. The van der Waals surface area contributed by atoms with E-state index in [2.05, 4.69) is 10.4 Å². The van der Waals surface area contributed by atoms with Crippen molar-refractivity contribution >= 4 is 16.8 Å². The molecule has 6 nitrogen and oxygen atoms in total. The number of fused-ring (bicyclic) bond motifs is 1. The molecule has 7 heteroatoms. The van der Waals surface area contributed by atoms with Gasteiger partial charge in [0.1, 0.15) is 13.2 Å². The van der Waals surface area contributed by atoms with Crippen LogP contribution in [0.25, 0.3) is 10.9 Å². The number of hydrogen-bond donors (Lipinski definition) is 1. The Morgan fingerprint density at radius 1 is 1.00 bits per heavy atom. The van der Waals surface area contributed by atoms with E-state index in [0.717, 1.165) is 5.56 Å². The fourth-order valence-electron chi connectivity index (χ4n) is 3.30. The zero-order valence-electron chi connectivity index (χ0n) is 16.6. The first kappa shape index (κ1) is 20.3. The van der Waals surface area contributed by atoms with Gasteiger partial charge in [-0.15, -0.1) is 0 Å². The summed E-state index contributed by atoms with van der Waals surface area (Å²) in [5, 5.41) is 7.51. The van der Waals surface area contributed by atoms with Crippen molar-refractivity contribution in [3.8, 4) is 5.75 Å². The van der Waals surface area contributed by atoms with Gasteiger partial charge in [-0.3, -0.25) is 14.3 Å². The SMILES string of the molecule is O=C(Cn1ncc(=O)c2ccccc21)NC(COc1ccccc1F)c1ccccc1. The van der Waals surface area contributed by atoms with E-state index in [-0.39, 0.29) is 30.2 Å². The zero-order chi connectivity index (χ0) is 21.6. The maximum atomic E-state index is 13.9. The highest BCUT2D eigenvalue weighted by Crippen LogP contribution is 2.19. The molecule has 4 aromatic rings. The van der Waals surface area contributed by atoms with Gasteiger partial charge in [0.2, 0.25) is 11.3 Å². The van der Waals surface area contributed by atoms with Gasteiger partial charge in [0, 0.05) is 5.39 Å². The monoisotopic (exact) mass is 417 g/mol. The quantitative estimate of drug-likeness (QED) is 0.500. The summed E-state index contributed by atoms with van der Waals surface area (Å²) in [6.45, 7) is -0.0289. The third-order valence-electron chi connectivity index (χ3n) is 4.83. The Morgan fingerprint density at radius 2 is 1.71 bits per heavy atom. The average molecular weight is 417 g/mol. The van der Waals surface area contributed by atoms with Gasteiger partial charge in [0.15, 0.2) is 11.6 Å². The molecule has 3 aromatic carbocycles. The number of benzene rings is 3. The van der Waals surface area contributed by atoms with Crippen LogP contribution in [0.5, 0.6) is 5.75 Å². The summed E-state index contributed by atoms with van der Waals surface area (Å²) in [5.41, 5.74) is 1.20. The zero-order valence-corrected chi connectivity index (χ0v) is 16.6. The van der Waals surface area contributed by atoms with Crippen LogP contribution in [-0.4, -0.2) is 22.3 Å². The lowest BCUT2D eigenvalue weighted by atomic mass is 10.1. The van der Waals surface area contributed by atoms with Gasteiger partial charge in [0.05, 0.1) is 17.8 Å². The first-order chi connectivity index (χ1) is 15.1. The first-order valence-corrected chi connectivity index (χ1v) is 9.78. The lowest BCUT2D eigenvalue weighted by molar-refractivity contribution is -0.122. The number of ether oxygens (including phenoxy) is 1. The number of nitrogens with one attached hydrogen (secondary N) is 1. The van der Waals surface area contributed by atoms with E-state index < -0.39 is 11.9 Å². The first-order valence-electron chi connectivity index (χ1n) is 9.78. The predicted molar refractivity (Wildman–Crippen MR) is 115 cm³/mol. The molecular weight excluding hydrogens is 397 g/mol. The second kappa shape index (κ2) is 9.21. The van der Waals surface area contributed by atoms with Gasteiger partial charge in [-0.2, -0.15) is 5.10 Å². The van der Waals surface area contributed by atoms with Gasteiger partial charge >= 0.3 is 0 Å². The summed E-state index contributed by atoms with van der Waals surface area (Å²) in [6, 6.07) is 21.9. The highest BCUT2D eigenvalue weighted by Gasteiger charge is 2.17. The van der Waals surface area contributed by atoms with Crippen molar-refractivity contribution in [2.75, 3.05) is 6.61 Å². The predicted octanol–water partition coefficient (Wildman–Crippen LogP) is 3.47. The number of aromatic nitrogens is 2. The fourth-order valence-corrected chi connectivity index (χ4v) is 3.30. The van der Waals surface area contributed by atoms with Crippen molar-refractivity contribution in [3.63, 3.8) is 0 Å². The number of para-hydroxylation sites is 2. The number of halogens is 1. The number of rotatable bonds is 7. The van der Waals surface area contributed by atoms with E-state index in [1.807, 2.05) is 30.3 Å². The molecular formula is C24H20FN3O3. The maximum Gasteiger partial charge on any atom is 0.242 e. The third-order valence-corrected chi connectivity index (χ3v) is 4.83. The molecule has 0 bridgehead atoms. The topological polar surface area (TPSA) is 73.2 Å². The molecule has 4 rings (SSSR count). The smallest absolute Gasteiger partial charge is 0.242 e. The standard InChI is InChI=1S/C24H20FN3O3/c25-19-11-5-7-13-23(19)31-16-20(17-8-2-1-3-9-17)27-24(30)15-28-21-12-6-4-10-18(21)22(29)14-26-28/h1-14,20H,15-16H2,(H,27,30). The average Bonchev–Trinajstić information content (AvgIpc) is 2.80. The Morgan fingerprint density at radius 3 is 2.52 bits per heavy atom. The van der Waals surface area contributed by atoms with Crippen LogP contribution in [-0.2, 0) is 11.3 Å². The van der Waals surface area contributed by atoms with Crippen LogP contribution in [0.3, 0.4) is 0 Å². The summed E-state index contributed by atoms with van der Waals surface area (Å²) in [6.07, 6.45) is 1.20. The molecule has 1 unspecified atom stereocenters. The van der Waals surface area contributed by atoms with Crippen LogP contribution in [0.15, 0.2) is 89.9 Å². The molecule has 0 spiro atoms. The van der Waals surface area contributed by atoms with Crippen molar-refractivity contribution in [1.82, 2.24) is 15.1 Å². The maximum absolute atomic E-state index is 13.9. The molecule has 0 aliphatic rings. The summed E-state index contributed by atoms with van der Waals surface area (Å²) in [7, 11) is 0. The molecule has 1 amide bonds. The molecule has 1 N–H and O–H groups in total. The number of carbonyl (C=O) groups is 1. The van der Waals surface area contributed by atoms with E-state index in [9.17, 15) is 14.0 Å². The van der Waals surface area contributed by atoms with Gasteiger partial charge < -0.3 is 10.1 Å². The summed E-state index contributed by atoms with van der Waals surface area (Å²) >= 11 is 0. The molecule has 0 aliphatic heterocycles. The van der Waals surface area contributed by atoms with Crippen LogP contribution in [0.2, 0.25) is 0 Å². The van der Waals surface area contributed by atoms with Crippen LogP contribution in [0.4, 0.5) is 4.39 Å². The van der Waals surface area contributed by atoms with E-state index in [1.165, 1.54) is 23.0 Å². The molecule has 1 aromatic heterocycles. The van der Waals surface area contributed by atoms with E-state index in [0.29, 0.717) is 10.9 Å². The van der Waals surface area contributed by atoms with Gasteiger partial charge in [-0.25, -0.2) is 4.39 Å². The van der Waals surface area contributed by atoms with Crippen molar-refractivity contribution in [1.29, 1.82) is 0 Å². The Bertz CT molecular complexity index is 1260. The minimum Gasteiger partial charge on any atom is -0.488 e. The van der Waals surface area contributed by atoms with Crippen LogP contribution >= 0.6 is 0 Å². The minimum absolute atomic E-state index is 0.0506. The van der Waals surface area contributed by atoms with Gasteiger partial charge in [-0.1, -0.05) is 54.6 Å². The summed E-state index contributed by atoms with van der Waals surface area (Å²) in [4.78, 5) is 24.8. The Labute approximate surface area is 177 Å². The molecule has 0 radical (unpaired) electrons. The Balaban J connectivity index is 1.53. The molecule has 156 valence electrons. The lowest BCUT2D eigenvalue weighted by Crippen LogP contribution is -2.35. The van der Waals surface area contributed by atoms with Crippen molar-refractivity contribution < 1.29 is 13.9 Å². The third kappa shape index (κ3) is 4.78. The largest absolute Gasteiger partial charge is 0.488 e. The molecule has 0 saturated carbocycles. The van der Waals surface area contributed by atoms with Crippen LogP contribution in [0.1, 0.15) is 11.6 Å². The Kier molecular flexibility index (Phi) is 6.03. The number of carbonyl (C=O) groups excluding carboxylic acids is 1. The Hall–Kier alpha value is -4.00. The highest BCUT2D eigenvalue weighted by molar-refractivity contribution is 5.81. The lowest BCUT2D eigenvalue weighted by Gasteiger charge is -2.20. The van der Waals surface area contributed by atoms with Gasteiger partial charge in [-0.05, 0) is 29.8 Å². The molecule has 1 heterocycles. The minimum atomic E-state index is -0.501. The summed E-state index contributed by atoms with van der Waals surface area (Å²) in [5.74, 6) is -0.664. The van der Waals surface area contributed by atoms with Crippen LogP contribution in [0, 0.1) is 5.82 Å². The second-order valence-electron chi connectivity index (χ2n) is 6.96. The number of nitrogens with zero attached hydrogens (tertiary/aromatic N) is 2. The van der Waals surface area contributed by atoms with Crippen LogP contribution < -0.4 is 15.5 Å². The molecule has 0 fully saturated rings. The normalized spacial score (nSPS) is 11.8. The summed E-state index contributed by atoms with van der Waals surface area (Å²) < 4.78 is 21.0. The number of amides is 1. The van der Waals surface area contributed by atoms with E-state index in [1.54, 1.807) is 36.4 Å². The van der Waals surface area contributed by atoms with Crippen molar-refractivity contribution in [2.45, 2.75) is 12.6 Å². The van der Waals surface area contributed by atoms with E-state index >= 15 is 0 Å². The second-order valence-corrected chi connectivity index (χ2v) is 6.96.